The minimum atomic E-state index is -1.01. The van der Waals surface area contributed by atoms with Crippen molar-refractivity contribution in [3.63, 3.8) is 0 Å². The molecule has 1 aliphatic heterocycles. The van der Waals surface area contributed by atoms with Gasteiger partial charge in [-0.2, -0.15) is 0 Å². The Morgan fingerprint density at radius 1 is 1.12 bits per heavy atom. The molecule has 1 amide bonds. The maximum Gasteiger partial charge on any atom is 0.335 e. The van der Waals surface area contributed by atoms with Gasteiger partial charge in [0.05, 0.1) is 30.4 Å². The number of rotatable bonds is 6. The average molecular weight is 467 g/mol. The van der Waals surface area contributed by atoms with E-state index in [9.17, 15) is 14.7 Å². The first-order valence-corrected chi connectivity index (χ1v) is 11.7. The highest BCUT2D eigenvalue weighted by Gasteiger charge is 2.38. The smallest absolute Gasteiger partial charge is 0.335 e. The van der Waals surface area contributed by atoms with E-state index in [0.29, 0.717) is 27.3 Å². The zero-order chi connectivity index (χ0) is 23.4. The molecular formula is C25H26N2O5S. The molecule has 0 aromatic heterocycles. The second-order valence-electron chi connectivity index (χ2n) is 7.91. The van der Waals surface area contributed by atoms with Crippen LogP contribution in [0.5, 0.6) is 11.5 Å². The Kier molecular flexibility index (Phi) is 7.03. The summed E-state index contributed by atoms with van der Waals surface area (Å²) in [5, 5.41) is 9.89. The Labute approximate surface area is 197 Å². The van der Waals surface area contributed by atoms with E-state index < -0.39 is 5.97 Å². The fourth-order valence-electron chi connectivity index (χ4n) is 4.21. The van der Waals surface area contributed by atoms with Gasteiger partial charge in [0.2, 0.25) is 0 Å². The van der Waals surface area contributed by atoms with Gasteiger partial charge in [0, 0.05) is 11.6 Å². The fourth-order valence-corrected chi connectivity index (χ4v) is 5.26. The van der Waals surface area contributed by atoms with Crippen LogP contribution in [-0.4, -0.2) is 47.3 Å². The molecule has 172 valence electrons. The number of thioether (sulfide) groups is 1. The summed E-state index contributed by atoms with van der Waals surface area (Å²) in [5.41, 5.74) is 1.41. The van der Waals surface area contributed by atoms with Crippen molar-refractivity contribution < 1.29 is 24.2 Å². The van der Waals surface area contributed by atoms with Crippen molar-refractivity contribution in [3.8, 4) is 11.5 Å². The lowest BCUT2D eigenvalue weighted by Crippen LogP contribution is -2.40. The van der Waals surface area contributed by atoms with Crippen molar-refractivity contribution >= 4 is 40.6 Å². The van der Waals surface area contributed by atoms with Crippen LogP contribution < -0.4 is 9.47 Å². The lowest BCUT2D eigenvalue weighted by Gasteiger charge is -2.30. The van der Waals surface area contributed by atoms with Gasteiger partial charge in [-0.25, -0.2) is 9.79 Å². The van der Waals surface area contributed by atoms with Gasteiger partial charge in [-0.15, -0.1) is 0 Å². The van der Waals surface area contributed by atoms with E-state index >= 15 is 0 Å². The van der Waals surface area contributed by atoms with E-state index in [1.54, 1.807) is 43.4 Å². The molecule has 0 radical (unpaired) electrons. The topological polar surface area (TPSA) is 88.4 Å². The number of hydrogen-bond acceptors (Lipinski definition) is 6. The van der Waals surface area contributed by atoms with Gasteiger partial charge in [-0.05, 0) is 54.9 Å². The minimum Gasteiger partial charge on any atom is -0.493 e. The van der Waals surface area contributed by atoms with Crippen molar-refractivity contribution in [1.82, 2.24) is 4.90 Å². The molecule has 1 N–H and O–H groups in total. The third-order valence-electron chi connectivity index (χ3n) is 5.81. The Morgan fingerprint density at radius 3 is 2.58 bits per heavy atom. The molecule has 0 atom stereocenters. The van der Waals surface area contributed by atoms with Crippen molar-refractivity contribution in [3.05, 3.63) is 58.5 Å². The molecule has 0 unspecified atom stereocenters. The van der Waals surface area contributed by atoms with Crippen LogP contribution in [0.3, 0.4) is 0 Å². The first-order valence-electron chi connectivity index (χ1n) is 10.9. The minimum absolute atomic E-state index is 0.0817. The van der Waals surface area contributed by atoms with Gasteiger partial charge < -0.3 is 14.6 Å². The van der Waals surface area contributed by atoms with Crippen LogP contribution in [0.2, 0.25) is 0 Å². The molecule has 0 bridgehead atoms. The molecule has 7 nitrogen and oxygen atoms in total. The monoisotopic (exact) mass is 466 g/mol. The number of carbonyl (C=O) groups excluding carboxylic acids is 1. The lowest BCUT2D eigenvalue weighted by atomic mass is 9.94. The quantitative estimate of drug-likeness (QED) is 0.578. The lowest BCUT2D eigenvalue weighted by molar-refractivity contribution is -0.124. The Bertz CT molecular complexity index is 1120. The molecule has 1 heterocycles. The number of amidine groups is 1. The van der Waals surface area contributed by atoms with Crippen molar-refractivity contribution in [2.24, 2.45) is 4.99 Å². The number of aliphatic imine (C=N–C) groups is 1. The maximum absolute atomic E-state index is 13.5. The molecule has 2 aromatic rings. The summed E-state index contributed by atoms with van der Waals surface area (Å²) in [6.45, 7) is 0. The number of methoxy groups -OCH3 is 2. The molecule has 0 spiro atoms. The summed E-state index contributed by atoms with van der Waals surface area (Å²) < 4.78 is 10.9. The molecule has 1 saturated heterocycles. The fraction of sp³-hybridized carbons (Fsp3) is 0.320. The third-order valence-corrected chi connectivity index (χ3v) is 6.80. The molecule has 1 aliphatic carbocycles. The summed E-state index contributed by atoms with van der Waals surface area (Å²) in [4.78, 5) is 31.9. The molecule has 33 heavy (non-hydrogen) atoms. The number of hydrogen-bond donors (Lipinski definition) is 1. The zero-order valence-corrected chi connectivity index (χ0v) is 19.4. The molecule has 2 aliphatic rings. The SMILES string of the molecule is COc1cccc(/C=C2\SC(=Nc3cccc(C(=O)O)c3)N(C3CCCCC3)C2=O)c1OC. The number of ether oxygens (including phenoxy) is 2. The first-order chi connectivity index (χ1) is 16.0. The highest BCUT2D eigenvalue weighted by molar-refractivity contribution is 8.18. The normalized spacial score (nSPS) is 19.3. The number of aromatic carboxylic acids is 1. The second-order valence-corrected chi connectivity index (χ2v) is 8.92. The first kappa shape index (κ1) is 22.9. The number of carboxylic acid groups (broad SMARTS) is 1. The summed E-state index contributed by atoms with van der Waals surface area (Å²) >= 11 is 1.30. The number of nitrogens with zero attached hydrogens (tertiary/aromatic N) is 2. The van der Waals surface area contributed by atoms with Crippen LogP contribution in [0.4, 0.5) is 5.69 Å². The van der Waals surface area contributed by atoms with E-state index in [4.69, 9.17) is 14.5 Å². The van der Waals surface area contributed by atoms with Gasteiger partial charge in [0.25, 0.3) is 5.91 Å². The third kappa shape index (κ3) is 4.90. The Balaban J connectivity index is 1.75. The predicted molar refractivity (Wildman–Crippen MR) is 129 cm³/mol. The van der Waals surface area contributed by atoms with E-state index in [1.165, 1.54) is 30.3 Å². The van der Waals surface area contributed by atoms with Crippen LogP contribution >= 0.6 is 11.8 Å². The maximum atomic E-state index is 13.5. The number of benzene rings is 2. The van der Waals surface area contributed by atoms with Crippen LogP contribution in [-0.2, 0) is 4.79 Å². The number of para-hydroxylation sites is 1. The molecule has 4 rings (SSSR count). The Hall–Kier alpha value is -3.26. The number of amides is 1. The van der Waals surface area contributed by atoms with Crippen molar-refractivity contribution in [1.29, 1.82) is 0 Å². The summed E-state index contributed by atoms with van der Waals surface area (Å²) in [7, 11) is 3.14. The van der Waals surface area contributed by atoms with E-state index in [1.807, 2.05) is 12.1 Å². The second kappa shape index (κ2) is 10.1. The van der Waals surface area contributed by atoms with Crippen LogP contribution in [0.15, 0.2) is 52.4 Å². The van der Waals surface area contributed by atoms with E-state index in [0.717, 1.165) is 31.2 Å². The number of carboxylic acids is 1. The summed E-state index contributed by atoms with van der Waals surface area (Å²) in [5.74, 6) is 0.0439. The van der Waals surface area contributed by atoms with E-state index in [2.05, 4.69) is 0 Å². The van der Waals surface area contributed by atoms with Crippen LogP contribution in [0.25, 0.3) is 6.08 Å². The number of carbonyl (C=O) groups is 2. The molecular weight excluding hydrogens is 440 g/mol. The highest BCUT2D eigenvalue weighted by atomic mass is 32.2. The average Bonchev–Trinajstić information content (AvgIpc) is 3.13. The standard InChI is InChI=1S/C25H26N2O5S/c1-31-20-13-7-8-16(22(20)32-2)15-21-23(28)27(19-11-4-3-5-12-19)25(33-21)26-18-10-6-9-17(14-18)24(29)30/h6-10,13-15,19H,3-5,11-12H2,1-2H3,(H,29,30)/b21-15-,26-25?. The molecule has 2 fully saturated rings. The largest absolute Gasteiger partial charge is 0.493 e. The van der Waals surface area contributed by atoms with Crippen LogP contribution in [0.1, 0.15) is 48.0 Å². The van der Waals surface area contributed by atoms with Crippen LogP contribution in [0, 0.1) is 0 Å². The van der Waals surface area contributed by atoms with Crippen molar-refractivity contribution in [2.45, 2.75) is 38.1 Å². The van der Waals surface area contributed by atoms with Gasteiger partial charge in [0.1, 0.15) is 0 Å². The van der Waals surface area contributed by atoms with Crippen molar-refractivity contribution in [2.75, 3.05) is 14.2 Å². The molecule has 8 heteroatoms. The summed E-state index contributed by atoms with van der Waals surface area (Å²) in [6, 6.07) is 12.1. The summed E-state index contributed by atoms with van der Waals surface area (Å²) in [6.07, 6.45) is 6.97. The zero-order valence-electron chi connectivity index (χ0n) is 18.6. The van der Waals surface area contributed by atoms with Gasteiger partial charge in [0.15, 0.2) is 16.7 Å². The molecule has 2 aromatic carbocycles. The predicted octanol–water partition coefficient (Wildman–Crippen LogP) is 5.34. The van der Waals surface area contributed by atoms with Gasteiger partial charge in [-0.3, -0.25) is 9.69 Å². The Morgan fingerprint density at radius 2 is 1.88 bits per heavy atom. The highest BCUT2D eigenvalue weighted by Crippen LogP contribution is 2.40. The van der Waals surface area contributed by atoms with E-state index in [-0.39, 0.29) is 17.5 Å². The van der Waals surface area contributed by atoms with Gasteiger partial charge >= 0.3 is 5.97 Å². The molecule has 1 saturated carbocycles. The van der Waals surface area contributed by atoms with Gasteiger partial charge in [-0.1, -0.05) is 37.5 Å².